The van der Waals surface area contributed by atoms with E-state index in [0.29, 0.717) is 0 Å². The fourth-order valence-corrected chi connectivity index (χ4v) is 1.47. The monoisotopic (exact) mass is 271 g/mol. The van der Waals surface area contributed by atoms with E-state index in [1.54, 1.807) is 0 Å². The highest BCUT2D eigenvalue weighted by Crippen LogP contribution is 2.25. The number of halogens is 2. The van der Waals surface area contributed by atoms with E-state index in [9.17, 15) is 14.5 Å². The van der Waals surface area contributed by atoms with E-state index in [2.05, 4.69) is 5.10 Å². The van der Waals surface area contributed by atoms with Crippen LogP contribution < -0.4 is 4.74 Å². The summed E-state index contributed by atoms with van der Waals surface area (Å²) in [5.74, 6) is -0.196. The third-order valence-electron chi connectivity index (χ3n) is 2.08. The second-order valence-corrected chi connectivity index (χ2v) is 3.75. The Hall–Kier alpha value is -2.15. The van der Waals surface area contributed by atoms with Gasteiger partial charge in [-0.15, -0.1) is 0 Å². The van der Waals surface area contributed by atoms with Crippen molar-refractivity contribution in [1.29, 1.82) is 0 Å². The lowest BCUT2D eigenvalue weighted by Crippen LogP contribution is -2.05. The highest BCUT2D eigenvalue weighted by molar-refractivity contribution is 6.32. The highest BCUT2D eigenvalue weighted by Gasteiger charge is 2.09. The first-order valence-electron chi connectivity index (χ1n) is 4.81. The average Bonchev–Trinajstić information content (AvgIpc) is 2.76. The molecule has 0 aliphatic rings. The van der Waals surface area contributed by atoms with E-state index in [1.807, 2.05) is 0 Å². The topological polar surface area (TPSA) is 70.2 Å². The molecule has 0 saturated carbocycles. The van der Waals surface area contributed by atoms with Crippen molar-refractivity contribution in [2.75, 3.05) is 0 Å². The quantitative estimate of drug-likeness (QED) is 0.633. The van der Waals surface area contributed by atoms with Gasteiger partial charge in [0.05, 0.1) is 9.95 Å². The summed E-state index contributed by atoms with van der Waals surface area (Å²) in [4.78, 5) is 9.87. The minimum absolute atomic E-state index is 0.0564. The van der Waals surface area contributed by atoms with Crippen LogP contribution in [-0.2, 0) is 6.73 Å². The van der Waals surface area contributed by atoms with E-state index < -0.39 is 10.7 Å². The normalized spacial score (nSPS) is 10.3. The summed E-state index contributed by atoms with van der Waals surface area (Å²) in [6, 6.07) is 3.69. The molecule has 8 heteroatoms. The largest absolute Gasteiger partial charge is 0.470 e. The van der Waals surface area contributed by atoms with Gasteiger partial charge in [-0.2, -0.15) is 5.10 Å². The molecule has 2 rings (SSSR count). The highest BCUT2D eigenvalue weighted by atomic mass is 35.5. The number of benzene rings is 1. The van der Waals surface area contributed by atoms with Gasteiger partial charge in [0, 0.05) is 0 Å². The van der Waals surface area contributed by atoms with Gasteiger partial charge in [0.2, 0.25) is 0 Å². The average molecular weight is 272 g/mol. The molecule has 0 N–H and O–H groups in total. The van der Waals surface area contributed by atoms with Crippen LogP contribution in [0.2, 0.25) is 5.02 Å². The number of nitro groups is 1. The molecule has 0 radical (unpaired) electrons. The van der Waals surface area contributed by atoms with E-state index in [-0.39, 0.29) is 23.2 Å². The lowest BCUT2D eigenvalue weighted by molar-refractivity contribution is -0.385. The van der Waals surface area contributed by atoms with Gasteiger partial charge in [0.1, 0.15) is 24.0 Å². The third kappa shape index (κ3) is 2.75. The molecule has 0 saturated heterocycles. The second kappa shape index (κ2) is 5.01. The molecule has 0 amide bonds. The Labute approximate surface area is 106 Å². The molecule has 2 aromatic rings. The molecule has 0 bridgehead atoms. The number of aromatic nitrogens is 2. The predicted octanol–water partition coefficient (Wildman–Crippen LogP) is 2.62. The Kier molecular flexibility index (Phi) is 3.42. The van der Waals surface area contributed by atoms with Crippen molar-refractivity contribution in [1.82, 2.24) is 9.78 Å². The number of rotatable bonds is 4. The lowest BCUT2D eigenvalue weighted by atomic mass is 10.3. The molecule has 6 nitrogen and oxygen atoms in total. The van der Waals surface area contributed by atoms with Crippen LogP contribution >= 0.6 is 11.6 Å². The molecule has 0 atom stereocenters. The number of ether oxygens (including phenoxy) is 1. The summed E-state index contributed by atoms with van der Waals surface area (Å²) in [6.45, 7) is -0.0564. The van der Waals surface area contributed by atoms with Gasteiger partial charge in [0.15, 0.2) is 6.73 Å². The molecule has 1 heterocycles. The fourth-order valence-electron chi connectivity index (χ4n) is 1.25. The molecule has 1 aromatic carbocycles. The van der Waals surface area contributed by atoms with Crippen LogP contribution in [0.25, 0.3) is 0 Å². The zero-order chi connectivity index (χ0) is 13.1. The van der Waals surface area contributed by atoms with Gasteiger partial charge < -0.3 is 4.74 Å². The molecular formula is C10H7ClFN3O3. The number of hydrogen-bond donors (Lipinski definition) is 0. The molecule has 0 aliphatic heterocycles. The summed E-state index contributed by atoms with van der Waals surface area (Å²) >= 11 is 5.75. The van der Waals surface area contributed by atoms with Gasteiger partial charge in [-0.05, 0) is 18.2 Å². The van der Waals surface area contributed by atoms with Crippen molar-refractivity contribution >= 4 is 17.3 Å². The minimum atomic E-state index is -0.561. The summed E-state index contributed by atoms with van der Waals surface area (Å²) < 4.78 is 19.3. The molecule has 1 aromatic heterocycles. The third-order valence-corrected chi connectivity index (χ3v) is 2.37. The van der Waals surface area contributed by atoms with Crippen LogP contribution in [0.4, 0.5) is 10.1 Å². The Morgan fingerprint density at radius 3 is 2.94 bits per heavy atom. The maximum Gasteiger partial charge on any atom is 0.307 e. The van der Waals surface area contributed by atoms with Crippen LogP contribution in [0.5, 0.6) is 5.75 Å². The minimum Gasteiger partial charge on any atom is -0.470 e. The second-order valence-electron chi connectivity index (χ2n) is 3.34. The zero-order valence-corrected chi connectivity index (χ0v) is 9.67. The Morgan fingerprint density at radius 1 is 1.56 bits per heavy atom. The summed E-state index contributed by atoms with van der Waals surface area (Å²) in [5.41, 5.74) is -0.135. The first kappa shape index (κ1) is 12.3. The van der Waals surface area contributed by atoms with Crippen molar-refractivity contribution < 1.29 is 14.1 Å². The van der Waals surface area contributed by atoms with E-state index in [0.717, 1.165) is 12.3 Å². The van der Waals surface area contributed by atoms with Crippen molar-refractivity contribution in [3.63, 3.8) is 0 Å². The zero-order valence-electron chi connectivity index (χ0n) is 8.92. The van der Waals surface area contributed by atoms with Crippen LogP contribution in [-0.4, -0.2) is 14.7 Å². The summed E-state index contributed by atoms with van der Waals surface area (Å²) in [7, 11) is 0. The maximum absolute atomic E-state index is 12.8. The summed E-state index contributed by atoms with van der Waals surface area (Å²) in [6.07, 6.45) is 2.33. The smallest absolute Gasteiger partial charge is 0.307 e. The molecule has 94 valence electrons. The van der Waals surface area contributed by atoms with Gasteiger partial charge in [0.25, 0.3) is 0 Å². The van der Waals surface area contributed by atoms with Crippen molar-refractivity contribution in [2.24, 2.45) is 0 Å². The van der Waals surface area contributed by atoms with Crippen molar-refractivity contribution in [3.05, 3.63) is 51.5 Å². The van der Waals surface area contributed by atoms with Crippen molar-refractivity contribution in [2.45, 2.75) is 6.73 Å². The van der Waals surface area contributed by atoms with Crippen LogP contribution in [0.3, 0.4) is 0 Å². The molecule has 18 heavy (non-hydrogen) atoms. The van der Waals surface area contributed by atoms with Crippen LogP contribution in [0.1, 0.15) is 0 Å². The predicted molar refractivity (Wildman–Crippen MR) is 60.9 cm³/mol. The van der Waals surface area contributed by atoms with Gasteiger partial charge >= 0.3 is 5.69 Å². The molecule has 0 aliphatic carbocycles. The first-order chi connectivity index (χ1) is 8.56. The molecule has 0 spiro atoms. The SMILES string of the molecule is O=[N+]([O-])c1cnn(COc2ccc(F)cc2Cl)c1. The lowest BCUT2D eigenvalue weighted by Gasteiger charge is -2.07. The standard InChI is InChI=1S/C10H7ClFN3O3/c11-9-3-7(12)1-2-10(9)18-6-14-5-8(4-13-14)15(16)17/h1-5H,6H2. The Balaban J connectivity index is 2.04. The summed E-state index contributed by atoms with van der Waals surface area (Å²) in [5, 5.41) is 14.3. The van der Waals surface area contributed by atoms with Gasteiger partial charge in [-0.1, -0.05) is 11.6 Å². The fraction of sp³-hybridized carbons (Fsp3) is 0.100. The molecule has 0 unspecified atom stereocenters. The van der Waals surface area contributed by atoms with E-state index in [1.165, 1.54) is 23.0 Å². The van der Waals surface area contributed by atoms with Gasteiger partial charge in [-0.3, -0.25) is 10.1 Å². The van der Waals surface area contributed by atoms with Crippen LogP contribution in [0.15, 0.2) is 30.6 Å². The van der Waals surface area contributed by atoms with E-state index in [4.69, 9.17) is 16.3 Å². The Bertz CT molecular complexity index is 587. The molecular weight excluding hydrogens is 265 g/mol. The molecule has 0 fully saturated rings. The Morgan fingerprint density at radius 2 is 2.33 bits per heavy atom. The number of hydrogen-bond acceptors (Lipinski definition) is 4. The number of nitrogens with zero attached hydrogens (tertiary/aromatic N) is 3. The maximum atomic E-state index is 12.8. The van der Waals surface area contributed by atoms with Gasteiger partial charge in [-0.25, -0.2) is 9.07 Å². The van der Waals surface area contributed by atoms with Crippen LogP contribution in [0, 0.1) is 15.9 Å². The van der Waals surface area contributed by atoms with E-state index >= 15 is 0 Å². The van der Waals surface area contributed by atoms with Crippen molar-refractivity contribution in [3.8, 4) is 5.75 Å². The first-order valence-corrected chi connectivity index (χ1v) is 5.19.